The summed E-state index contributed by atoms with van der Waals surface area (Å²) in [5.74, 6) is 0. The van der Waals surface area contributed by atoms with Gasteiger partial charge in [-0.25, -0.2) is 0 Å². The van der Waals surface area contributed by atoms with Crippen LogP contribution in [0.25, 0.3) is 0 Å². The first-order chi connectivity index (χ1) is 7.07. The average Bonchev–Trinajstić information content (AvgIpc) is 2.20. The molecule has 3 nitrogen and oxygen atoms in total. The lowest BCUT2D eigenvalue weighted by molar-refractivity contribution is 0.0820. The molecule has 0 spiro atoms. The third-order valence-electron chi connectivity index (χ3n) is 2.39. The lowest BCUT2D eigenvalue weighted by Gasteiger charge is -2.29. The van der Waals surface area contributed by atoms with E-state index in [1.165, 1.54) is 0 Å². The fraction of sp³-hybridized carbons (Fsp3) is 0.455. The van der Waals surface area contributed by atoms with Crippen LogP contribution in [0.5, 0.6) is 0 Å². The number of hydrogen-bond acceptors (Lipinski definition) is 3. The second-order valence-electron chi connectivity index (χ2n) is 3.73. The maximum absolute atomic E-state index is 9.88. The molecule has 4 heteroatoms. The van der Waals surface area contributed by atoms with E-state index in [2.05, 4.69) is 15.9 Å². The smallest absolute Gasteiger partial charge is 0.0859 e. The zero-order chi connectivity index (χ0) is 11.4. The van der Waals surface area contributed by atoms with Crippen LogP contribution in [0.3, 0.4) is 0 Å². The van der Waals surface area contributed by atoms with Crippen molar-refractivity contribution in [2.75, 3.05) is 20.6 Å². The lowest BCUT2D eigenvalue weighted by atomic mass is 10.0. The van der Waals surface area contributed by atoms with Gasteiger partial charge in [0.2, 0.25) is 0 Å². The summed E-state index contributed by atoms with van der Waals surface area (Å²) in [4.78, 5) is 1.97. The normalized spacial score (nSPS) is 15.3. The molecule has 0 bridgehead atoms. The van der Waals surface area contributed by atoms with Crippen molar-refractivity contribution in [2.24, 2.45) is 5.73 Å². The van der Waals surface area contributed by atoms with Crippen LogP contribution in [-0.2, 0) is 0 Å². The molecule has 1 aromatic carbocycles. The van der Waals surface area contributed by atoms with Crippen molar-refractivity contribution in [3.63, 3.8) is 0 Å². The van der Waals surface area contributed by atoms with Gasteiger partial charge in [0.15, 0.2) is 0 Å². The number of nitrogens with zero attached hydrogens (tertiary/aromatic N) is 1. The molecule has 15 heavy (non-hydrogen) atoms. The third-order valence-corrected chi connectivity index (χ3v) is 3.11. The fourth-order valence-electron chi connectivity index (χ4n) is 1.67. The van der Waals surface area contributed by atoms with Crippen molar-refractivity contribution in [1.29, 1.82) is 0 Å². The zero-order valence-corrected chi connectivity index (χ0v) is 10.6. The van der Waals surface area contributed by atoms with Crippen LogP contribution in [-0.4, -0.2) is 36.8 Å². The first-order valence-electron chi connectivity index (χ1n) is 4.87. The Balaban J connectivity index is 3.04. The van der Waals surface area contributed by atoms with Crippen molar-refractivity contribution >= 4 is 15.9 Å². The predicted molar refractivity (Wildman–Crippen MR) is 65.6 cm³/mol. The van der Waals surface area contributed by atoms with Gasteiger partial charge in [-0.2, -0.15) is 0 Å². The van der Waals surface area contributed by atoms with Crippen LogP contribution in [0.2, 0.25) is 0 Å². The molecule has 0 aliphatic rings. The first-order valence-corrected chi connectivity index (χ1v) is 5.66. The quantitative estimate of drug-likeness (QED) is 0.871. The summed E-state index contributed by atoms with van der Waals surface area (Å²) in [5.41, 5.74) is 6.56. The minimum absolute atomic E-state index is 0.0782. The maximum Gasteiger partial charge on any atom is 0.0859 e. The van der Waals surface area contributed by atoms with Gasteiger partial charge in [0.1, 0.15) is 0 Å². The van der Waals surface area contributed by atoms with Gasteiger partial charge >= 0.3 is 0 Å². The van der Waals surface area contributed by atoms with Gasteiger partial charge in [-0.3, -0.25) is 4.90 Å². The molecule has 0 radical (unpaired) electrons. The van der Waals surface area contributed by atoms with Crippen molar-refractivity contribution in [3.05, 3.63) is 34.3 Å². The van der Waals surface area contributed by atoms with E-state index < -0.39 is 6.10 Å². The molecular weight excluding hydrogens is 256 g/mol. The summed E-state index contributed by atoms with van der Waals surface area (Å²) in [6, 6.07) is 7.79. The number of aliphatic hydroxyl groups is 1. The SMILES string of the molecule is CN(C)C(c1ccccc1Br)C(O)CN. The van der Waals surface area contributed by atoms with Crippen molar-refractivity contribution in [1.82, 2.24) is 4.90 Å². The Morgan fingerprint density at radius 3 is 2.47 bits per heavy atom. The van der Waals surface area contributed by atoms with Crippen LogP contribution in [0.15, 0.2) is 28.7 Å². The van der Waals surface area contributed by atoms with Crippen LogP contribution >= 0.6 is 15.9 Å². The van der Waals surface area contributed by atoms with Gasteiger partial charge < -0.3 is 10.8 Å². The highest BCUT2D eigenvalue weighted by atomic mass is 79.9. The van der Waals surface area contributed by atoms with E-state index in [1.54, 1.807) is 0 Å². The number of likely N-dealkylation sites (N-methyl/N-ethyl adjacent to an activating group) is 1. The fourth-order valence-corrected chi connectivity index (χ4v) is 2.19. The molecule has 1 rings (SSSR count). The van der Waals surface area contributed by atoms with E-state index in [0.717, 1.165) is 10.0 Å². The molecular formula is C11H17BrN2O. The Morgan fingerprint density at radius 2 is 2.00 bits per heavy atom. The van der Waals surface area contributed by atoms with Crippen molar-refractivity contribution < 1.29 is 5.11 Å². The van der Waals surface area contributed by atoms with Gasteiger partial charge in [0.25, 0.3) is 0 Å². The van der Waals surface area contributed by atoms with Crippen LogP contribution in [0.4, 0.5) is 0 Å². The first kappa shape index (κ1) is 12.6. The topological polar surface area (TPSA) is 49.5 Å². The predicted octanol–water partition coefficient (Wildman–Crippen LogP) is 1.37. The molecule has 3 N–H and O–H groups in total. The number of rotatable bonds is 4. The van der Waals surface area contributed by atoms with E-state index in [9.17, 15) is 5.11 Å². The second kappa shape index (κ2) is 5.61. The monoisotopic (exact) mass is 272 g/mol. The highest BCUT2D eigenvalue weighted by molar-refractivity contribution is 9.10. The summed E-state index contributed by atoms with van der Waals surface area (Å²) in [7, 11) is 3.87. The molecule has 0 saturated heterocycles. The standard InChI is InChI=1S/C11H17BrN2O/c1-14(2)11(10(15)7-13)8-5-3-4-6-9(8)12/h3-6,10-11,15H,7,13H2,1-2H3. The average molecular weight is 273 g/mol. The number of halogens is 1. The minimum Gasteiger partial charge on any atom is -0.390 e. The molecule has 2 atom stereocenters. The Morgan fingerprint density at radius 1 is 1.40 bits per heavy atom. The molecule has 0 aliphatic heterocycles. The summed E-state index contributed by atoms with van der Waals surface area (Å²) in [6.07, 6.45) is -0.557. The summed E-state index contributed by atoms with van der Waals surface area (Å²) < 4.78 is 0.996. The molecule has 2 unspecified atom stereocenters. The molecule has 0 saturated carbocycles. The number of nitrogens with two attached hydrogens (primary N) is 1. The van der Waals surface area contributed by atoms with Gasteiger partial charge in [0.05, 0.1) is 12.1 Å². The molecule has 84 valence electrons. The van der Waals surface area contributed by atoms with Gasteiger partial charge in [-0.1, -0.05) is 34.1 Å². The van der Waals surface area contributed by atoms with Crippen LogP contribution in [0.1, 0.15) is 11.6 Å². The van der Waals surface area contributed by atoms with Gasteiger partial charge in [0, 0.05) is 11.0 Å². The van der Waals surface area contributed by atoms with E-state index in [1.807, 2.05) is 43.3 Å². The molecule has 1 aromatic rings. The third kappa shape index (κ3) is 3.01. The molecule has 0 aliphatic carbocycles. The van der Waals surface area contributed by atoms with Crippen molar-refractivity contribution in [3.8, 4) is 0 Å². The van der Waals surface area contributed by atoms with E-state index in [0.29, 0.717) is 0 Å². The molecule has 0 fully saturated rings. The Kier molecular flexibility index (Phi) is 4.73. The maximum atomic E-state index is 9.88. The Hall–Kier alpha value is -0.420. The highest BCUT2D eigenvalue weighted by Gasteiger charge is 2.23. The summed E-state index contributed by atoms with van der Waals surface area (Å²) >= 11 is 3.48. The number of aliphatic hydroxyl groups excluding tert-OH is 1. The van der Waals surface area contributed by atoms with Crippen molar-refractivity contribution in [2.45, 2.75) is 12.1 Å². The molecule has 0 aromatic heterocycles. The summed E-state index contributed by atoms with van der Waals surface area (Å²) in [5, 5.41) is 9.88. The molecule has 0 amide bonds. The van der Waals surface area contributed by atoms with E-state index in [4.69, 9.17) is 5.73 Å². The molecule has 0 heterocycles. The van der Waals surface area contributed by atoms with Gasteiger partial charge in [-0.05, 0) is 25.7 Å². The lowest BCUT2D eigenvalue weighted by Crippen LogP contribution is -2.36. The van der Waals surface area contributed by atoms with Gasteiger partial charge in [-0.15, -0.1) is 0 Å². The van der Waals surface area contributed by atoms with Crippen LogP contribution < -0.4 is 5.73 Å². The largest absolute Gasteiger partial charge is 0.390 e. The van der Waals surface area contributed by atoms with Crippen LogP contribution in [0, 0.1) is 0 Å². The zero-order valence-electron chi connectivity index (χ0n) is 9.02. The Labute approximate surface area is 99.0 Å². The highest BCUT2D eigenvalue weighted by Crippen LogP contribution is 2.28. The number of hydrogen-bond donors (Lipinski definition) is 2. The second-order valence-corrected chi connectivity index (χ2v) is 4.59. The van der Waals surface area contributed by atoms with E-state index >= 15 is 0 Å². The van der Waals surface area contributed by atoms with E-state index in [-0.39, 0.29) is 12.6 Å². The minimum atomic E-state index is -0.557. The number of benzene rings is 1. The summed E-state index contributed by atoms with van der Waals surface area (Å²) in [6.45, 7) is 0.254. The Bertz CT molecular complexity index is 317.